The van der Waals surface area contributed by atoms with Crippen molar-refractivity contribution in [2.75, 3.05) is 0 Å². The van der Waals surface area contributed by atoms with Crippen molar-refractivity contribution < 1.29 is 19.4 Å². The van der Waals surface area contributed by atoms with Crippen molar-refractivity contribution in [2.45, 2.75) is 13.5 Å². The van der Waals surface area contributed by atoms with Crippen molar-refractivity contribution in [1.82, 2.24) is 0 Å². The van der Waals surface area contributed by atoms with Crippen molar-refractivity contribution in [3.63, 3.8) is 0 Å². The molecule has 0 bridgehead atoms. The fourth-order valence-electron chi connectivity index (χ4n) is 1.87. The average Bonchev–Trinajstić information content (AvgIpc) is 2.46. The van der Waals surface area contributed by atoms with Gasteiger partial charge < -0.3 is 9.84 Å². The Kier molecular flexibility index (Phi) is 4.15. The molecular weight excluding hydrogens is 256 g/mol. The molecule has 102 valence electrons. The van der Waals surface area contributed by atoms with Crippen LogP contribution in [-0.2, 0) is 11.4 Å². The number of hydrogen-bond acceptors (Lipinski definition) is 3. The van der Waals surface area contributed by atoms with E-state index in [2.05, 4.69) is 0 Å². The van der Waals surface area contributed by atoms with Gasteiger partial charge in [-0.05, 0) is 24.1 Å². The van der Waals surface area contributed by atoms with E-state index in [-0.39, 0.29) is 12.2 Å². The number of benzene rings is 2. The molecule has 0 saturated heterocycles. The van der Waals surface area contributed by atoms with E-state index in [1.54, 1.807) is 19.1 Å². The van der Waals surface area contributed by atoms with E-state index in [9.17, 15) is 9.59 Å². The molecule has 0 heterocycles. The first kappa shape index (κ1) is 13.8. The number of carbonyl (C=O) groups is 2. The molecule has 0 spiro atoms. The lowest BCUT2D eigenvalue weighted by molar-refractivity contribution is -0.131. The minimum Gasteiger partial charge on any atom is -0.488 e. The summed E-state index contributed by atoms with van der Waals surface area (Å²) in [6.07, 6.45) is 0. The Morgan fingerprint density at radius 1 is 1.05 bits per heavy atom. The number of ether oxygens (including phenoxy) is 1. The van der Waals surface area contributed by atoms with Crippen LogP contribution < -0.4 is 4.74 Å². The van der Waals surface area contributed by atoms with Gasteiger partial charge in [0.1, 0.15) is 12.4 Å². The third-order valence-corrected chi connectivity index (χ3v) is 2.88. The number of carbonyl (C=O) groups excluding carboxylic acids is 1. The van der Waals surface area contributed by atoms with Gasteiger partial charge >= 0.3 is 5.97 Å². The number of para-hydroxylation sites is 1. The Morgan fingerprint density at radius 3 is 2.40 bits per heavy atom. The second kappa shape index (κ2) is 6.02. The Labute approximate surface area is 116 Å². The molecule has 0 saturated carbocycles. The van der Waals surface area contributed by atoms with Gasteiger partial charge in [-0.15, -0.1) is 0 Å². The number of aryl methyl sites for hydroxylation is 1. The van der Waals surface area contributed by atoms with Gasteiger partial charge in [-0.2, -0.15) is 0 Å². The summed E-state index contributed by atoms with van der Waals surface area (Å²) < 4.78 is 5.64. The Morgan fingerprint density at radius 2 is 1.75 bits per heavy atom. The highest BCUT2D eigenvalue weighted by atomic mass is 16.5. The topological polar surface area (TPSA) is 63.6 Å². The highest BCUT2D eigenvalue weighted by molar-refractivity contribution is 6.40. The minimum atomic E-state index is -1.49. The predicted molar refractivity (Wildman–Crippen MR) is 73.9 cm³/mol. The summed E-state index contributed by atoms with van der Waals surface area (Å²) in [7, 11) is 0. The normalized spacial score (nSPS) is 10.1. The zero-order valence-electron chi connectivity index (χ0n) is 11.0. The Bertz CT molecular complexity index is 632. The first-order chi connectivity index (χ1) is 9.59. The molecule has 2 aromatic carbocycles. The highest BCUT2D eigenvalue weighted by Crippen LogP contribution is 2.25. The summed E-state index contributed by atoms with van der Waals surface area (Å²) >= 11 is 0. The van der Waals surface area contributed by atoms with Gasteiger partial charge in [-0.25, -0.2) is 4.79 Å². The molecule has 0 aromatic heterocycles. The molecule has 4 nitrogen and oxygen atoms in total. The van der Waals surface area contributed by atoms with Gasteiger partial charge in [0.2, 0.25) is 0 Å². The molecule has 0 aliphatic carbocycles. The van der Waals surface area contributed by atoms with Crippen molar-refractivity contribution in [2.24, 2.45) is 0 Å². The molecule has 0 aliphatic heterocycles. The maximum absolute atomic E-state index is 11.6. The Hall–Kier alpha value is -2.62. The number of aliphatic carboxylic acids is 1. The predicted octanol–water partition coefficient (Wildman–Crippen LogP) is 2.84. The SMILES string of the molecule is Cc1cccc(C(=O)C(=O)O)c1OCc1ccccc1. The third kappa shape index (κ3) is 3.03. The van der Waals surface area contributed by atoms with Crippen LogP contribution in [-0.4, -0.2) is 16.9 Å². The second-order valence-corrected chi connectivity index (χ2v) is 4.36. The van der Waals surface area contributed by atoms with Crippen LogP contribution in [0.5, 0.6) is 5.75 Å². The smallest absolute Gasteiger partial charge is 0.377 e. The number of Topliss-reactive ketones (excluding diaryl/α,β-unsaturated/α-hetero) is 1. The molecule has 0 unspecified atom stereocenters. The summed E-state index contributed by atoms with van der Waals surface area (Å²) in [6.45, 7) is 2.06. The van der Waals surface area contributed by atoms with Crippen LogP contribution in [0.1, 0.15) is 21.5 Å². The van der Waals surface area contributed by atoms with Crippen molar-refractivity contribution >= 4 is 11.8 Å². The van der Waals surface area contributed by atoms with Crippen LogP contribution in [0.4, 0.5) is 0 Å². The molecule has 0 amide bonds. The van der Waals surface area contributed by atoms with Crippen molar-refractivity contribution in [3.05, 3.63) is 65.2 Å². The number of carboxylic acid groups (broad SMARTS) is 1. The summed E-state index contributed by atoms with van der Waals surface area (Å²) in [5.74, 6) is -2.12. The Balaban J connectivity index is 2.27. The molecule has 0 aliphatic rings. The maximum Gasteiger partial charge on any atom is 0.377 e. The van der Waals surface area contributed by atoms with Crippen LogP contribution in [0.2, 0.25) is 0 Å². The van der Waals surface area contributed by atoms with Gasteiger partial charge in [-0.3, -0.25) is 4.79 Å². The lowest BCUT2D eigenvalue weighted by Crippen LogP contribution is -2.14. The van der Waals surface area contributed by atoms with E-state index in [1.807, 2.05) is 30.3 Å². The third-order valence-electron chi connectivity index (χ3n) is 2.88. The van der Waals surface area contributed by atoms with E-state index in [1.165, 1.54) is 6.07 Å². The fourth-order valence-corrected chi connectivity index (χ4v) is 1.87. The molecule has 2 rings (SSSR count). The first-order valence-electron chi connectivity index (χ1n) is 6.13. The monoisotopic (exact) mass is 270 g/mol. The minimum absolute atomic E-state index is 0.0773. The van der Waals surface area contributed by atoms with Crippen LogP contribution in [0.3, 0.4) is 0 Å². The molecule has 4 heteroatoms. The summed E-state index contributed by atoms with van der Waals surface area (Å²) in [6, 6.07) is 14.4. The second-order valence-electron chi connectivity index (χ2n) is 4.36. The maximum atomic E-state index is 11.6. The number of hydrogen-bond donors (Lipinski definition) is 1. The molecular formula is C16H14O4. The standard InChI is InChI=1S/C16H14O4/c1-11-6-5-9-13(14(17)16(18)19)15(11)20-10-12-7-3-2-4-8-12/h2-9H,10H2,1H3,(H,18,19). The van der Waals surface area contributed by atoms with E-state index in [0.717, 1.165) is 11.1 Å². The number of rotatable bonds is 5. The van der Waals surface area contributed by atoms with Crippen molar-refractivity contribution in [3.8, 4) is 5.75 Å². The van der Waals surface area contributed by atoms with Crippen molar-refractivity contribution in [1.29, 1.82) is 0 Å². The lowest BCUT2D eigenvalue weighted by atomic mass is 10.1. The summed E-state index contributed by atoms with van der Waals surface area (Å²) in [5.41, 5.74) is 1.76. The van der Waals surface area contributed by atoms with E-state index in [0.29, 0.717) is 5.75 Å². The van der Waals surface area contributed by atoms with E-state index in [4.69, 9.17) is 9.84 Å². The average molecular weight is 270 g/mol. The lowest BCUT2D eigenvalue weighted by Gasteiger charge is -2.12. The van der Waals surface area contributed by atoms with Crippen LogP contribution >= 0.6 is 0 Å². The molecule has 0 fully saturated rings. The molecule has 2 aromatic rings. The largest absolute Gasteiger partial charge is 0.488 e. The van der Waals surface area contributed by atoms with Gasteiger partial charge in [0.25, 0.3) is 5.78 Å². The first-order valence-corrected chi connectivity index (χ1v) is 6.13. The van der Waals surface area contributed by atoms with Crippen LogP contribution in [0, 0.1) is 6.92 Å². The van der Waals surface area contributed by atoms with Gasteiger partial charge in [0.05, 0.1) is 5.56 Å². The quantitative estimate of drug-likeness (QED) is 0.670. The molecule has 0 radical (unpaired) electrons. The van der Waals surface area contributed by atoms with Gasteiger partial charge in [0, 0.05) is 0 Å². The van der Waals surface area contributed by atoms with E-state index < -0.39 is 11.8 Å². The highest BCUT2D eigenvalue weighted by Gasteiger charge is 2.20. The van der Waals surface area contributed by atoms with Gasteiger partial charge in [0.15, 0.2) is 0 Å². The van der Waals surface area contributed by atoms with Crippen LogP contribution in [0.15, 0.2) is 48.5 Å². The van der Waals surface area contributed by atoms with E-state index >= 15 is 0 Å². The molecule has 0 atom stereocenters. The number of ketones is 1. The van der Waals surface area contributed by atoms with Crippen LogP contribution in [0.25, 0.3) is 0 Å². The zero-order valence-corrected chi connectivity index (χ0v) is 11.0. The molecule has 1 N–H and O–H groups in total. The van der Waals surface area contributed by atoms with Gasteiger partial charge in [-0.1, -0.05) is 42.5 Å². The molecule has 20 heavy (non-hydrogen) atoms. The number of carboxylic acids is 1. The zero-order chi connectivity index (χ0) is 14.5. The summed E-state index contributed by atoms with van der Waals surface area (Å²) in [5, 5.41) is 8.83. The summed E-state index contributed by atoms with van der Waals surface area (Å²) in [4.78, 5) is 22.5. The fraction of sp³-hybridized carbons (Fsp3) is 0.125.